The molecule has 0 bridgehead atoms. The lowest BCUT2D eigenvalue weighted by Crippen LogP contribution is -2.31. The number of rotatable bonds is 5. The van der Waals surface area contributed by atoms with Crippen molar-refractivity contribution in [1.29, 1.82) is 0 Å². The highest BCUT2D eigenvalue weighted by molar-refractivity contribution is 5.65. The maximum atomic E-state index is 5.39. The van der Waals surface area contributed by atoms with E-state index in [1.54, 1.807) is 20.4 Å². The van der Waals surface area contributed by atoms with Crippen LogP contribution in [-0.4, -0.2) is 42.5 Å². The Hall–Kier alpha value is -2.57. The first-order chi connectivity index (χ1) is 11.3. The molecular formula is C16H21N5O2. The molecule has 1 N–H and O–H groups in total. The Labute approximate surface area is 135 Å². The molecule has 0 radical (unpaired) electrons. The van der Waals surface area contributed by atoms with Gasteiger partial charge in [0.1, 0.15) is 11.5 Å². The Balaban J connectivity index is 1.80. The van der Waals surface area contributed by atoms with E-state index in [-0.39, 0.29) is 0 Å². The van der Waals surface area contributed by atoms with Crippen molar-refractivity contribution in [2.75, 3.05) is 37.5 Å². The fraction of sp³-hybridized carbons (Fsp3) is 0.438. The molecular weight excluding hydrogens is 294 g/mol. The van der Waals surface area contributed by atoms with Crippen LogP contribution in [0.4, 0.5) is 17.5 Å². The normalized spacial score (nSPS) is 14.4. The average molecular weight is 315 g/mol. The number of hydrogen-bond acceptors (Lipinski definition) is 7. The highest BCUT2D eigenvalue weighted by Crippen LogP contribution is 2.31. The summed E-state index contributed by atoms with van der Waals surface area (Å²) in [6, 6.07) is 5.58. The van der Waals surface area contributed by atoms with Crippen molar-refractivity contribution in [2.45, 2.75) is 19.3 Å². The summed E-state index contributed by atoms with van der Waals surface area (Å²) >= 11 is 0. The zero-order chi connectivity index (χ0) is 16.1. The summed E-state index contributed by atoms with van der Waals surface area (Å²) in [5.41, 5.74) is 0.804. The molecule has 1 saturated heterocycles. The van der Waals surface area contributed by atoms with Crippen LogP contribution in [0, 0.1) is 0 Å². The Morgan fingerprint density at radius 3 is 2.65 bits per heavy atom. The van der Waals surface area contributed by atoms with E-state index < -0.39 is 0 Å². The van der Waals surface area contributed by atoms with Gasteiger partial charge in [-0.05, 0) is 31.4 Å². The minimum Gasteiger partial charge on any atom is -0.497 e. The maximum absolute atomic E-state index is 5.39. The molecule has 7 heteroatoms. The summed E-state index contributed by atoms with van der Waals surface area (Å²) < 4.78 is 10.6. The van der Waals surface area contributed by atoms with Crippen molar-refractivity contribution in [1.82, 2.24) is 15.2 Å². The number of methoxy groups -OCH3 is 2. The third kappa shape index (κ3) is 3.61. The molecule has 2 heterocycles. The lowest BCUT2D eigenvalue weighted by atomic mass is 10.1. The number of nitrogens with one attached hydrogen (secondary N) is 1. The van der Waals surface area contributed by atoms with E-state index in [4.69, 9.17) is 9.47 Å². The second-order valence-electron chi connectivity index (χ2n) is 5.38. The van der Waals surface area contributed by atoms with Gasteiger partial charge in [-0.2, -0.15) is 10.1 Å². The van der Waals surface area contributed by atoms with Gasteiger partial charge in [-0.1, -0.05) is 0 Å². The first-order valence-electron chi connectivity index (χ1n) is 7.74. The second kappa shape index (κ2) is 7.13. The second-order valence-corrected chi connectivity index (χ2v) is 5.38. The number of ether oxygens (including phenoxy) is 2. The fourth-order valence-electron chi connectivity index (χ4n) is 2.62. The largest absolute Gasteiger partial charge is 0.497 e. The van der Waals surface area contributed by atoms with Crippen molar-refractivity contribution < 1.29 is 9.47 Å². The van der Waals surface area contributed by atoms with Gasteiger partial charge in [-0.15, -0.1) is 5.10 Å². The molecule has 23 heavy (non-hydrogen) atoms. The molecule has 122 valence electrons. The summed E-state index contributed by atoms with van der Waals surface area (Å²) in [7, 11) is 3.25. The monoisotopic (exact) mass is 315 g/mol. The van der Waals surface area contributed by atoms with Crippen molar-refractivity contribution in [3.63, 3.8) is 0 Å². The van der Waals surface area contributed by atoms with Crippen LogP contribution >= 0.6 is 0 Å². The average Bonchev–Trinajstić information content (AvgIpc) is 2.63. The summed E-state index contributed by atoms with van der Waals surface area (Å²) in [6.45, 7) is 1.97. The number of piperidine rings is 1. The van der Waals surface area contributed by atoms with Gasteiger partial charge in [0.05, 0.1) is 26.1 Å². The van der Waals surface area contributed by atoms with E-state index in [0.29, 0.717) is 17.5 Å². The lowest BCUT2D eigenvalue weighted by Gasteiger charge is -2.26. The lowest BCUT2D eigenvalue weighted by molar-refractivity contribution is 0.395. The number of benzene rings is 1. The van der Waals surface area contributed by atoms with Gasteiger partial charge in [0.2, 0.25) is 5.95 Å². The Kier molecular flexibility index (Phi) is 4.75. The molecule has 1 fully saturated rings. The number of nitrogens with zero attached hydrogens (tertiary/aromatic N) is 4. The van der Waals surface area contributed by atoms with E-state index in [2.05, 4.69) is 25.4 Å². The highest BCUT2D eigenvalue weighted by Gasteiger charge is 2.15. The number of aromatic nitrogens is 3. The molecule has 2 aromatic rings. The van der Waals surface area contributed by atoms with Crippen LogP contribution < -0.4 is 19.7 Å². The molecule has 0 amide bonds. The van der Waals surface area contributed by atoms with Crippen LogP contribution in [-0.2, 0) is 0 Å². The van der Waals surface area contributed by atoms with E-state index >= 15 is 0 Å². The molecule has 1 aliphatic rings. The van der Waals surface area contributed by atoms with Crippen LogP contribution in [0.25, 0.3) is 0 Å². The SMILES string of the molecule is COc1ccc(Nc2cnnc(N3CCCCC3)n2)c(OC)c1. The molecule has 0 unspecified atom stereocenters. The minimum absolute atomic E-state index is 0.643. The zero-order valence-electron chi connectivity index (χ0n) is 13.5. The third-order valence-corrected chi connectivity index (χ3v) is 3.86. The van der Waals surface area contributed by atoms with E-state index in [0.717, 1.165) is 24.5 Å². The standard InChI is InChI=1S/C16H21N5O2/c1-22-12-6-7-13(14(10-12)23-2)18-15-11-17-20-16(19-15)21-8-4-3-5-9-21/h6-7,10-11H,3-5,8-9H2,1-2H3,(H,18,19,20). The quantitative estimate of drug-likeness (QED) is 0.909. The predicted molar refractivity (Wildman–Crippen MR) is 88.7 cm³/mol. The molecule has 0 saturated carbocycles. The van der Waals surface area contributed by atoms with E-state index in [1.807, 2.05) is 18.2 Å². The van der Waals surface area contributed by atoms with Gasteiger partial charge < -0.3 is 19.7 Å². The molecule has 0 atom stereocenters. The molecule has 1 aromatic heterocycles. The number of hydrogen-bond donors (Lipinski definition) is 1. The number of anilines is 3. The first-order valence-corrected chi connectivity index (χ1v) is 7.74. The Morgan fingerprint density at radius 2 is 1.91 bits per heavy atom. The summed E-state index contributed by atoms with van der Waals surface area (Å²) in [4.78, 5) is 6.74. The topological polar surface area (TPSA) is 72.4 Å². The third-order valence-electron chi connectivity index (χ3n) is 3.86. The summed E-state index contributed by atoms with van der Waals surface area (Å²) in [5.74, 6) is 2.73. The molecule has 1 aliphatic heterocycles. The smallest absolute Gasteiger partial charge is 0.247 e. The summed E-state index contributed by atoms with van der Waals surface area (Å²) in [5, 5.41) is 11.4. The van der Waals surface area contributed by atoms with Crippen LogP contribution in [0.2, 0.25) is 0 Å². The van der Waals surface area contributed by atoms with Gasteiger partial charge >= 0.3 is 0 Å². The van der Waals surface area contributed by atoms with Gasteiger partial charge in [-0.25, -0.2) is 0 Å². The van der Waals surface area contributed by atoms with Gasteiger partial charge in [0, 0.05) is 19.2 Å². The maximum Gasteiger partial charge on any atom is 0.247 e. The Morgan fingerprint density at radius 1 is 1.09 bits per heavy atom. The molecule has 3 rings (SSSR count). The van der Waals surface area contributed by atoms with Crippen molar-refractivity contribution in [3.05, 3.63) is 24.4 Å². The van der Waals surface area contributed by atoms with Crippen LogP contribution in [0.1, 0.15) is 19.3 Å². The van der Waals surface area contributed by atoms with E-state index in [1.165, 1.54) is 19.3 Å². The van der Waals surface area contributed by atoms with Crippen LogP contribution in [0.3, 0.4) is 0 Å². The van der Waals surface area contributed by atoms with Crippen molar-refractivity contribution in [2.24, 2.45) is 0 Å². The summed E-state index contributed by atoms with van der Waals surface area (Å²) in [6.07, 6.45) is 5.22. The van der Waals surface area contributed by atoms with Crippen LogP contribution in [0.15, 0.2) is 24.4 Å². The molecule has 0 spiro atoms. The van der Waals surface area contributed by atoms with Crippen molar-refractivity contribution >= 4 is 17.5 Å². The van der Waals surface area contributed by atoms with Gasteiger partial charge in [0.25, 0.3) is 0 Å². The fourth-order valence-corrected chi connectivity index (χ4v) is 2.62. The van der Waals surface area contributed by atoms with Gasteiger partial charge in [0.15, 0.2) is 5.82 Å². The first kappa shape index (κ1) is 15.3. The van der Waals surface area contributed by atoms with Gasteiger partial charge in [-0.3, -0.25) is 0 Å². The Bertz CT molecular complexity index is 659. The molecule has 0 aliphatic carbocycles. The van der Waals surface area contributed by atoms with Crippen LogP contribution in [0.5, 0.6) is 11.5 Å². The zero-order valence-corrected chi connectivity index (χ0v) is 13.5. The highest BCUT2D eigenvalue weighted by atomic mass is 16.5. The van der Waals surface area contributed by atoms with E-state index in [9.17, 15) is 0 Å². The minimum atomic E-state index is 0.643. The van der Waals surface area contributed by atoms with Crippen molar-refractivity contribution in [3.8, 4) is 11.5 Å². The predicted octanol–water partition coefficient (Wildman–Crippen LogP) is 2.62. The molecule has 7 nitrogen and oxygen atoms in total. The molecule has 1 aromatic carbocycles.